The van der Waals surface area contributed by atoms with Gasteiger partial charge in [-0.2, -0.15) is 9.61 Å². The van der Waals surface area contributed by atoms with Crippen LogP contribution in [0, 0.1) is 6.92 Å². The van der Waals surface area contributed by atoms with E-state index in [0.29, 0.717) is 28.6 Å². The standard InChI is InChI=1S/C22H20N4O3S/c1-3-29-18-10-8-15(9-11-18)20(28)23-13-17-12-19(27)26-22(24-17)30-21(25-26)16-6-4-14(2)5-7-16/h4-12H,3,13H2,1-2H3,(H,23,28). The molecule has 1 N–H and O–H groups in total. The Morgan fingerprint density at radius 2 is 1.87 bits per heavy atom. The highest BCUT2D eigenvalue weighted by Crippen LogP contribution is 2.24. The van der Waals surface area contributed by atoms with Crippen molar-refractivity contribution >= 4 is 22.2 Å². The summed E-state index contributed by atoms with van der Waals surface area (Å²) in [4.78, 5) is 29.8. The number of hydrogen-bond acceptors (Lipinski definition) is 6. The summed E-state index contributed by atoms with van der Waals surface area (Å²) < 4.78 is 6.67. The minimum absolute atomic E-state index is 0.148. The maximum atomic E-state index is 12.5. The number of rotatable bonds is 6. The van der Waals surface area contributed by atoms with E-state index in [1.54, 1.807) is 24.3 Å². The van der Waals surface area contributed by atoms with Gasteiger partial charge >= 0.3 is 0 Å². The topological polar surface area (TPSA) is 85.6 Å². The Balaban J connectivity index is 1.51. The molecule has 0 saturated carbocycles. The Bertz CT molecular complexity index is 1240. The van der Waals surface area contributed by atoms with Crippen LogP contribution in [-0.2, 0) is 6.54 Å². The zero-order valence-electron chi connectivity index (χ0n) is 16.6. The molecule has 0 radical (unpaired) electrons. The third-order valence-electron chi connectivity index (χ3n) is 4.45. The number of nitrogens with zero attached hydrogens (tertiary/aromatic N) is 3. The van der Waals surface area contributed by atoms with E-state index in [1.165, 1.54) is 21.9 Å². The summed E-state index contributed by atoms with van der Waals surface area (Å²) >= 11 is 1.34. The van der Waals surface area contributed by atoms with Crippen molar-refractivity contribution in [2.75, 3.05) is 6.61 Å². The van der Waals surface area contributed by atoms with Crippen molar-refractivity contribution < 1.29 is 9.53 Å². The Morgan fingerprint density at radius 1 is 1.13 bits per heavy atom. The molecule has 2 aromatic heterocycles. The summed E-state index contributed by atoms with van der Waals surface area (Å²) in [5.74, 6) is 0.466. The maximum absolute atomic E-state index is 12.5. The lowest BCUT2D eigenvalue weighted by Crippen LogP contribution is -2.25. The predicted octanol–water partition coefficient (Wildman–Crippen LogP) is 3.46. The summed E-state index contributed by atoms with van der Waals surface area (Å²) in [5, 5.41) is 7.90. The molecule has 2 heterocycles. The minimum atomic E-state index is -0.278. The minimum Gasteiger partial charge on any atom is -0.494 e. The summed E-state index contributed by atoms with van der Waals surface area (Å²) in [6, 6.07) is 16.2. The molecular formula is C22H20N4O3S. The highest BCUT2D eigenvalue weighted by Gasteiger charge is 2.12. The van der Waals surface area contributed by atoms with Crippen LogP contribution in [0.3, 0.4) is 0 Å². The summed E-state index contributed by atoms with van der Waals surface area (Å²) in [7, 11) is 0. The normalized spacial score (nSPS) is 10.9. The summed E-state index contributed by atoms with van der Waals surface area (Å²) in [6.45, 7) is 4.63. The van der Waals surface area contributed by atoms with Crippen LogP contribution < -0.4 is 15.6 Å². The lowest BCUT2D eigenvalue weighted by molar-refractivity contribution is 0.0950. The quantitative estimate of drug-likeness (QED) is 0.516. The second kappa shape index (κ2) is 8.46. The monoisotopic (exact) mass is 420 g/mol. The van der Waals surface area contributed by atoms with Crippen LogP contribution in [0.1, 0.15) is 28.5 Å². The number of aryl methyl sites for hydroxylation is 1. The number of hydrogen-bond donors (Lipinski definition) is 1. The second-order valence-corrected chi connectivity index (χ2v) is 7.65. The van der Waals surface area contributed by atoms with Crippen LogP contribution in [0.25, 0.3) is 15.5 Å². The Morgan fingerprint density at radius 3 is 2.57 bits per heavy atom. The Kier molecular flexibility index (Phi) is 5.58. The van der Waals surface area contributed by atoms with Crippen LogP contribution in [0.2, 0.25) is 0 Å². The summed E-state index contributed by atoms with van der Waals surface area (Å²) in [5.41, 5.74) is 2.80. The molecule has 0 saturated heterocycles. The molecule has 0 aliphatic rings. The van der Waals surface area contributed by atoms with Gasteiger partial charge in [0.1, 0.15) is 10.8 Å². The molecule has 2 aromatic carbocycles. The predicted molar refractivity (Wildman–Crippen MR) is 116 cm³/mol. The number of ether oxygens (including phenoxy) is 1. The van der Waals surface area contributed by atoms with Crippen molar-refractivity contribution in [2.24, 2.45) is 0 Å². The molecule has 0 unspecified atom stereocenters. The van der Waals surface area contributed by atoms with Crippen LogP contribution in [-0.4, -0.2) is 27.1 Å². The maximum Gasteiger partial charge on any atom is 0.275 e. The van der Waals surface area contributed by atoms with Crippen molar-refractivity contribution in [3.63, 3.8) is 0 Å². The van der Waals surface area contributed by atoms with Gasteiger partial charge in [0, 0.05) is 17.2 Å². The van der Waals surface area contributed by atoms with Crippen molar-refractivity contribution in [3.8, 4) is 16.3 Å². The van der Waals surface area contributed by atoms with E-state index in [1.807, 2.05) is 38.1 Å². The van der Waals surface area contributed by atoms with Gasteiger partial charge in [-0.05, 0) is 38.1 Å². The number of fused-ring (bicyclic) bond motifs is 1. The molecule has 0 atom stereocenters. The van der Waals surface area contributed by atoms with E-state index in [2.05, 4.69) is 15.4 Å². The Hall–Kier alpha value is -3.52. The van der Waals surface area contributed by atoms with Crippen LogP contribution in [0.5, 0.6) is 5.75 Å². The molecule has 30 heavy (non-hydrogen) atoms. The molecule has 8 heteroatoms. The number of carbonyl (C=O) groups excluding carboxylic acids is 1. The van der Waals surface area contributed by atoms with Gasteiger partial charge < -0.3 is 10.1 Å². The molecule has 0 spiro atoms. The fourth-order valence-corrected chi connectivity index (χ4v) is 3.83. The number of aromatic nitrogens is 3. The first-order valence-electron chi connectivity index (χ1n) is 9.51. The fraction of sp³-hybridized carbons (Fsp3) is 0.182. The first-order valence-corrected chi connectivity index (χ1v) is 10.3. The highest BCUT2D eigenvalue weighted by atomic mass is 32.1. The van der Waals surface area contributed by atoms with E-state index < -0.39 is 0 Å². The second-order valence-electron chi connectivity index (χ2n) is 6.69. The molecule has 0 aliphatic carbocycles. The molecule has 0 bridgehead atoms. The average molecular weight is 420 g/mol. The van der Waals surface area contributed by atoms with Gasteiger partial charge in [-0.25, -0.2) is 4.98 Å². The van der Waals surface area contributed by atoms with Crippen molar-refractivity contribution in [1.29, 1.82) is 0 Å². The van der Waals surface area contributed by atoms with Gasteiger partial charge in [0.25, 0.3) is 11.5 Å². The van der Waals surface area contributed by atoms with Crippen LogP contribution in [0.4, 0.5) is 0 Å². The fourth-order valence-electron chi connectivity index (χ4n) is 2.90. The van der Waals surface area contributed by atoms with Gasteiger partial charge in [0.15, 0.2) is 0 Å². The highest BCUT2D eigenvalue weighted by molar-refractivity contribution is 7.19. The molecule has 152 valence electrons. The van der Waals surface area contributed by atoms with E-state index in [9.17, 15) is 9.59 Å². The third kappa shape index (κ3) is 4.23. The number of amides is 1. The Labute approximate surface area is 177 Å². The van der Waals surface area contributed by atoms with E-state index in [0.717, 1.165) is 16.1 Å². The number of nitrogens with one attached hydrogen (secondary N) is 1. The molecule has 4 aromatic rings. The zero-order chi connectivity index (χ0) is 21.1. The van der Waals surface area contributed by atoms with Crippen molar-refractivity contribution in [1.82, 2.24) is 19.9 Å². The number of carbonyl (C=O) groups is 1. The first-order chi connectivity index (χ1) is 14.5. The van der Waals surface area contributed by atoms with Gasteiger partial charge in [0.2, 0.25) is 4.96 Å². The molecule has 0 aliphatic heterocycles. The molecule has 0 fully saturated rings. The third-order valence-corrected chi connectivity index (χ3v) is 5.41. The van der Waals surface area contributed by atoms with Gasteiger partial charge in [0.05, 0.1) is 18.8 Å². The van der Waals surface area contributed by atoms with Gasteiger partial charge in [-0.3, -0.25) is 9.59 Å². The SMILES string of the molecule is CCOc1ccc(C(=O)NCc2cc(=O)n3nc(-c4ccc(C)cc4)sc3n2)cc1. The summed E-state index contributed by atoms with van der Waals surface area (Å²) in [6.07, 6.45) is 0. The van der Waals surface area contributed by atoms with Crippen LogP contribution in [0.15, 0.2) is 59.4 Å². The van der Waals surface area contributed by atoms with E-state index >= 15 is 0 Å². The van der Waals surface area contributed by atoms with E-state index in [-0.39, 0.29) is 18.0 Å². The van der Waals surface area contributed by atoms with Crippen molar-refractivity contribution in [2.45, 2.75) is 20.4 Å². The lowest BCUT2D eigenvalue weighted by atomic mass is 10.2. The average Bonchev–Trinajstić information content (AvgIpc) is 3.18. The van der Waals surface area contributed by atoms with Crippen LogP contribution >= 0.6 is 11.3 Å². The number of benzene rings is 2. The smallest absolute Gasteiger partial charge is 0.275 e. The molecule has 7 nitrogen and oxygen atoms in total. The molecule has 4 rings (SSSR count). The molecule has 1 amide bonds. The zero-order valence-corrected chi connectivity index (χ0v) is 17.4. The largest absolute Gasteiger partial charge is 0.494 e. The van der Waals surface area contributed by atoms with Gasteiger partial charge in [-0.1, -0.05) is 41.2 Å². The van der Waals surface area contributed by atoms with E-state index in [4.69, 9.17) is 4.74 Å². The first kappa shape index (κ1) is 19.8. The lowest BCUT2D eigenvalue weighted by Gasteiger charge is -2.06. The van der Waals surface area contributed by atoms with Gasteiger partial charge in [-0.15, -0.1) is 0 Å². The molecular weight excluding hydrogens is 400 g/mol. The van der Waals surface area contributed by atoms with Crippen molar-refractivity contribution in [3.05, 3.63) is 81.8 Å².